The van der Waals surface area contributed by atoms with E-state index < -0.39 is 0 Å². The summed E-state index contributed by atoms with van der Waals surface area (Å²) in [5, 5.41) is 7.81. The van der Waals surface area contributed by atoms with E-state index >= 15 is 0 Å². The highest BCUT2D eigenvalue weighted by molar-refractivity contribution is 5.85. The maximum Gasteiger partial charge on any atom is 0.257 e. The number of pyridine rings is 2. The number of ether oxygens (including phenoxy) is 2. The van der Waals surface area contributed by atoms with Crippen molar-refractivity contribution in [2.75, 3.05) is 32.1 Å². The molecule has 1 aliphatic heterocycles. The van der Waals surface area contributed by atoms with Gasteiger partial charge < -0.3 is 20.1 Å². The van der Waals surface area contributed by atoms with Crippen LogP contribution in [0, 0.1) is 0 Å². The van der Waals surface area contributed by atoms with Gasteiger partial charge in [-0.15, -0.1) is 0 Å². The van der Waals surface area contributed by atoms with Crippen molar-refractivity contribution in [3.05, 3.63) is 66.2 Å². The fraction of sp³-hybridized carbons (Fsp3) is 0.250. The average Bonchev–Trinajstić information content (AvgIpc) is 2.84. The standard InChI is InChI=1S/C24H24N6O2/c1-25-13-17-6-8-27-23-16(3-2-4-19(17)23)5-7-26-22-12-20(29-15-30-22)18-11-21-24(28-14-18)32-10-9-31-21/h2-4,6,8,11-12,14-15,25H,5,7,9-10,13H2,1H3,(H,26,29,30). The van der Waals surface area contributed by atoms with Gasteiger partial charge >= 0.3 is 0 Å². The Morgan fingerprint density at radius 2 is 1.91 bits per heavy atom. The van der Waals surface area contributed by atoms with E-state index in [1.54, 1.807) is 12.5 Å². The van der Waals surface area contributed by atoms with Crippen LogP contribution in [0.4, 0.5) is 5.82 Å². The maximum absolute atomic E-state index is 5.63. The number of hydrogen-bond donors (Lipinski definition) is 2. The first-order valence-corrected chi connectivity index (χ1v) is 10.6. The fourth-order valence-corrected chi connectivity index (χ4v) is 3.85. The van der Waals surface area contributed by atoms with Crippen LogP contribution in [0.3, 0.4) is 0 Å². The van der Waals surface area contributed by atoms with E-state index in [9.17, 15) is 0 Å². The first-order chi connectivity index (χ1) is 15.8. The Kier molecular flexibility index (Phi) is 5.76. The molecule has 3 aromatic heterocycles. The molecule has 5 rings (SSSR count). The predicted molar refractivity (Wildman–Crippen MR) is 123 cm³/mol. The molecule has 1 aromatic carbocycles. The quantitative estimate of drug-likeness (QED) is 0.463. The number of nitrogens with one attached hydrogen (secondary N) is 2. The van der Waals surface area contributed by atoms with Gasteiger partial charge in [0.1, 0.15) is 25.4 Å². The van der Waals surface area contributed by atoms with E-state index in [1.807, 2.05) is 25.4 Å². The van der Waals surface area contributed by atoms with Gasteiger partial charge in [-0.05, 0) is 36.7 Å². The Balaban J connectivity index is 1.30. The molecular formula is C24H24N6O2. The van der Waals surface area contributed by atoms with Crippen LogP contribution in [0.2, 0.25) is 0 Å². The average molecular weight is 428 g/mol. The minimum absolute atomic E-state index is 0.518. The maximum atomic E-state index is 5.63. The van der Waals surface area contributed by atoms with Crippen molar-refractivity contribution in [2.45, 2.75) is 13.0 Å². The molecule has 0 atom stereocenters. The van der Waals surface area contributed by atoms with Crippen molar-refractivity contribution in [3.63, 3.8) is 0 Å². The third-order valence-corrected chi connectivity index (χ3v) is 5.37. The summed E-state index contributed by atoms with van der Waals surface area (Å²) in [6.07, 6.45) is 6.00. The summed E-state index contributed by atoms with van der Waals surface area (Å²) in [6, 6.07) is 12.2. The van der Waals surface area contributed by atoms with E-state index in [0.29, 0.717) is 24.8 Å². The molecule has 0 amide bonds. The topological polar surface area (TPSA) is 94.1 Å². The fourth-order valence-electron chi connectivity index (χ4n) is 3.85. The van der Waals surface area contributed by atoms with E-state index in [4.69, 9.17) is 9.47 Å². The van der Waals surface area contributed by atoms with Crippen molar-refractivity contribution in [1.82, 2.24) is 25.3 Å². The second-order valence-corrected chi connectivity index (χ2v) is 7.50. The molecule has 0 saturated carbocycles. The van der Waals surface area contributed by atoms with Crippen molar-refractivity contribution in [2.24, 2.45) is 0 Å². The lowest BCUT2D eigenvalue weighted by atomic mass is 10.0. The minimum Gasteiger partial charge on any atom is -0.484 e. The molecule has 0 fully saturated rings. The minimum atomic E-state index is 0.518. The molecule has 8 heteroatoms. The molecule has 0 saturated heterocycles. The molecule has 8 nitrogen and oxygen atoms in total. The zero-order chi connectivity index (χ0) is 21.8. The lowest BCUT2D eigenvalue weighted by Gasteiger charge is -2.17. The zero-order valence-electron chi connectivity index (χ0n) is 17.8. The first kappa shape index (κ1) is 20.1. The van der Waals surface area contributed by atoms with Crippen LogP contribution in [0.15, 0.2) is 55.1 Å². The second-order valence-electron chi connectivity index (χ2n) is 7.50. The van der Waals surface area contributed by atoms with Crippen LogP contribution in [-0.4, -0.2) is 46.7 Å². The normalized spacial score (nSPS) is 12.7. The summed E-state index contributed by atoms with van der Waals surface area (Å²) in [5.74, 6) is 1.92. The molecule has 0 radical (unpaired) electrons. The zero-order valence-corrected chi connectivity index (χ0v) is 17.8. The third kappa shape index (κ3) is 4.17. The van der Waals surface area contributed by atoms with Crippen molar-refractivity contribution >= 4 is 16.7 Å². The van der Waals surface area contributed by atoms with Crippen molar-refractivity contribution < 1.29 is 9.47 Å². The van der Waals surface area contributed by atoms with Crippen LogP contribution in [0.1, 0.15) is 11.1 Å². The predicted octanol–water partition coefficient (Wildman–Crippen LogP) is 3.23. The van der Waals surface area contributed by atoms with E-state index in [0.717, 1.165) is 42.1 Å². The highest BCUT2D eigenvalue weighted by Gasteiger charge is 2.15. The number of nitrogens with zero attached hydrogens (tertiary/aromatic N) is 4. The van der Waals surface area contributed by atoms with Gasteiger partial charge in [0.25, 0.3) is 5.88 Å². The van der Waals surface area contributed by atoms with Gasteiger partial charge in [0.2, 0.25) is 0 Å². The molecular weight excluding hydrogens is 404 g/mol. The SMILES string of the molecule is CNCc1ccnc2c(CCNc3cc(-c4cnc5c(c4)OCCO5)ncn3)cccc12. The molecule has 162 valence electrons. The van der Waals surface area contributed by atoms with E-state index in [1.165, 1.54) is 16.5 Å². The summed E-state index contributed by atoms with van der Waals surface area (Å²) in [4.78, 5) is 17.7. The Bertz CT molecular complexity index is 1250. The highest BCUT2D eigenvalue weighted by Crippen LogP contribution is 2.31. The summed E-state index contributed by atoms with van der Waals surface area (Å²) >= 11 is 0. The van der Waals surface area contributed by atoms with E-state index in [-0.39, 0.29) is 0 Å². The summed E-state index contributed by atoms with van der Waals surface area (Å²) in [7, 11) is 1.96. The van der Waals surface area contributed by atoms with Gasteiger partial charge in [0.05, 0.1) is 11.2 Å². The van der Waals surface area contributed by atoms with Crippen molar-refractivity contribution in [1.29, 1.82) is 0 Å². The number of hydrogen-bond acceptors (Lipinski definition) is 8. The van der Waals surface area contributed by atoms with Crippen LogP contribution in [0.5, 0.6) is 11.6 Å². The van der Waals surface area contributed by atoms with Gasteiger partial charge in [0, 0.05) is 42.5 Å². The molecule has 0 bridgehead atoms. The molecule has 2 N–H and O–H groups in total. The first-order valence-electron chi connectivity index (χ1n) is 10.6. The molecule has 0 spiro atoms. The van der Waals surface area contributed by atoms with Gasteiger partial charge in [-0.25, -0.2) is 15.0 Å². The Hall–Kier alpha value is -3.78. The molecule has 1 aliphatic rings. The number of anilines is 1. The lowest BCUT2D eigenvalue weighted by Crippen LogP contribution is -2.16. The molecule has 32 heavy (non-hydrogen) atoms. The summed E-state index contributed by atoms with van der Waals surface area (Å²) in [5.41, 5.74) is 5.14. The monoisotopic (exact) mass is 428 g/mol. The summed E-state index contributed by atoms with van der Waals surface area (Å²) < 4.78 is 11.1. The summed E-state index contributed by atoms with van der Waals surface area (Å²) in [6.45, 7) is 2.59. The number of benzene rings is 1. The molecule has 0 unspecified atom stereocenters. The number of rotatable bonds is 7. The number of aromatic nitrogens is 4. The third-order valence-electron chi connectivity index (χ3n) is 5.37. The van der Waals surface area contributed by atoms with Crippen molar-refractivity contribution in [3.8, 4) is 22.9 Å². The smallest absolute Gasteiger partial charge is 0.257 e. The van der Waals surface area contributed by atoms with Gasteiger partial charge in [-0.3, -0.25) is 4.98 Å². The van der Waals surface area contributed by atoms with Crippen LogP contribution in [0.25, 0.3) is 22.2 Å². The van der Waals surface area contributed by atoms with Crippen LogP contribution in [-0.2, 0) is 13.0 Å². The van der Waals surface area contributed by atoms with Crippen LogP contribution >= 0.6 is 0 Å². The Labute approximate surface area is 186 Å². The largest absolute Gasteiger partial charge is 0.484 e. The molecule has 4 aromatic rings. The molecule has 4 heterocycles. The number of fused-ring (bicyclic) bond motifs is 2. The Morgan fingerprint density at radius 3 is 2.84 bits per heavy atom. The number of para-hydroxylation sites is 1. The van der Waals surface area contributed by atoms with Gasteiger partial charge in [-0.1, -0.05) is 18.2 Å². The second kappa shape index (κ2) is 9.15. The van der Waals surface area contributed by atoms with E-state index in [2.05, 4.69) is 54.8 Å². The highest BCUT2D eigenvalue weighted by atomic mass is 16.6. The van der Waals surface area contributed by atoms with Gasteiger partial charge in [0.15, 0.2) is 5.75 Å². The lowest BCUT2D eigenvalue weighted by molar-refractivity contribution is 0.164. The molecule has 0 aliphatic carbocycles. The Morgan fingerprint density at radius 1 is 0.969 bits per heavy atom. The van der Waals surface area contributed by atoms with Gasteiger partial charge in [-0.2, -0.15) is 0 Å². The van der Waals surface area contributed by atoms with Crippen LogP contribution < -0.4 is 20.1 Å².